The zero-order valence-electron chi connectivity index (χ0n) is 31.5. The van der Waals surface area contributed by atoms with Crippen LogP contribution in [-0.4, -0.2) is 27.0 Å². The molecule has 2 aromatic heterocycles. The van der Waals surface area contributed by atoms with E-state index in [-0.39, 0.29) is 11.5 Å². The minimum atomic E-state index is -0.245. The van der Waals surface area contributed by atoms with Crippen molar-refractivity contribution in [2.75, 3.05) is 7.05 Å². The summed E-state index contributed by atoms with van der Waals surface area (Å²) >= 11 is 0. The lowest BCUT2D eigenvalue weighted by molar-refractivity contribution is 0.371. The fourth-order valence-electron chi connectivity index (χ4n) is 10.2. The van der Waals surface area contributed by atoms with E-state index in [0.29, 0.717) is 0 Å². The van der Waals surface area contributed by atoms with E-state index in [1.54, 1.807) is 0 Å². The van der Waals surface area contributed by atoms with Gasteiger partial charge in [0.25, 0.3) is 0 Å². The van der Waals surface area contributed by atoms with Gasteiger partial charge in [0.15, 0.2) is 0 Å². The van der Waals surface area contributed by atoms with Gasteiger partial charge in [-0.15, -0.1) is 0 Å². The molecule has 266 valence electrons. The molecule has 0 spiro atoms. The van der Waals surface area contributed by atoms with Crippen LogP contribution in [0.2, 0.25) is 0 Å². The highest BCUT2D eigenvalue weighted by atomic mass is 15.3. The first-order chi connectivity index (χ1) is 27.5. The summed E-state index contributed by atoms with van der Waals surface area (Å²) in [5.41, 5.74) is 11.9. The molecule has 0 N–H and O–H groups in total. The first kappa shape index (κ1) is 31.4. The van der Waals surface area contributed by atoms with Crippen molar-refractivity contribution in [3.8, 4) is 5.69 Å². The van der Waals surface area contributed by atoms with Crippen molar-refractivity contribution in [2.45, 2.75) is 25.3 Å². The summed E-state index contributed by atoms with van der Waals surface area (Å²) in [7, 11) is 2.26. The number of para-hydroxylation sites is 2. The number of aliphatic imine (C=N–C) groups is 1. The highest BCUT2D eigenvalue weighted by Crippen LogP contribution is 2.55. The molecule has 1 aliphatic heterocycles. The van der Waals surface area contributed by atoms with Gasteiger partial charge < -0.3 is 9.47 Å². The van der Waals surface area contributed by atoms with E-state index >= 15 is 0 Å². The molecule has 2 aliphatic rings. The Kier molecular flexibility index (Phi) is 6.35. The van der Waals surface area contributed by atoms with Crippen molar-refractivity contribution in [3.63, 3.8) is 0 Å². The van der Waals surface area contributed by atoms with Crippen molar-refractivity contribution >= 4 is 76.8 Å². The van der Waals surface area contributed by atoms with Gasteiger partial charge in [0, 0.05) is 50.6 Å². The zero-order chi connectivity index (χ0) is 37.3. The van der Waals surface area contributed by atoms with E-state index in [2.05, 4.69) is 205 Å². The van der Waals surface area contributed by atoms with Crippen molar-refractivity contribution in [1.29, 1.82) is 0 Å². The lowest BCUT2D eigenvalue weighted by Crippen LogP contribution is -2.41. The maximum absolute atomic E-state index is 5.81. The van der Waals surface area contributed by atoms with Crippen LogP contribution in [0.5, 0.6) is 0 Å². The normalized spacial score (nSPS) is 16.4. The second-order valence-electron chi connectivity index (χ2n) is 16.1. The van der Waals surface area contributed by atoms with Gasteiger partial charge >= 0.3 is 0 Å². The number of rotatable bonds is 2. The lowest BCUT2D eigenvalue weighted by Gasteiger charge is -2.40. The van der Waals surface area contributed by atoms with Gasteiger partial charge in [-0.3, -0.25) is 4.57 Å². The van der Waals surface area contributed by atoms with Crippen LogP contribution < -0.4 is 0 Å². The maximum Gasteiger partial charge on any atom is 0.211 e. The van der Waals surface area contributed by atoms with Gasteiger partial charge in [-0.1, -0.05) is 147 Å². The Morgan fingerprint density at radius 2 is 1.14 bits per heavy atom. The van der Waals surface area contributed by atoms with Crippen LogP contribution in [0.25, 0.3) is 76.5 Å². The van der Waals surface area contributed by atoms with Crippen LogP contribution in [0, 0.1) is 0 Å². The molecule has 1 atom stereocenters. The zero-order valence-corrected chi connectivity index (χ0v) is 31.5. The Morgan fingerprint density at radius 1 is 0.500 bits per heavy atom. The minimum Gasteiger partial charge on any atom is -0.334 e. The molecule has 3 heterocycles. The molecule has 0 amide bonds. The summed E-state index contributed by atoms with van der Waals surface area (Å²) in [6.07, 6.45) is 0. The Bertz CT molecular complexity index is 3360. The molecular weight excluding hydrogens is 681 g/mol. The molecule has 4 nitrogen and oxygen atoms in total. The van der Waals surface area contributed by atoms with E-state index in [1.807, 2.05) is 0 Å². The first-order valence-electron chi connectivity index (χ1n) is 19.6. The summed E-state index contributed by atoms with van der Waals surface area (Å²) in [6, 6.07) is 62.4. The third-order valence-electron chi connectivity index (χ3n) is 12.7. The molecule has 0 saturated heterocycles. The average molecular weight is 719 g/mol. The van der Waals surface area contributed by atoms with Crippen LogP contribution >= 0.6 is 0 Å². The number of benzene rings is 8. The number of hydrogen-bond acceptors (Lipinski definition) is 2. The van der Waals surface area contributed by atoms with Gasteiger partial charge in [-0.05, 0) is 69.3 Å². The Balaban J connectivity index is 1.18. The van der Waals surface area contributed by atoms with Crippen molar-refractivity contribution in [3.05, 3.63) is 192 Å². The highest BCUT2D eigenvalue weighted by molar-refractivity contribution is 6.24. The lowest BCUT2D eigenvalue weighted by atomic mass is 9.76. The first-order valence-corrected chi connectivity index (χ1v) is 19.6. The molecule has 12 rings (SSSR count). The van der Waals surface area contributed by atoms with Crippen LogP contribution in [0.4, 0.5) is 0 Å². The van der Waals surface area contributed by atoms with Crippen LogP contribution in [0.15, 0.2) is 180 Å². The van der Waals surface area contributed by atoms with E-state index in [1.165, 1.54) is 81.9 Å². The summed E-state index contributed by atoms with van der Waals surface area (Å²) in [4.78, 5) is 8.27. The molecule has 4 heteroatoms. The average Bonchev–Trinajstić information content (AvgIpc) is 3.82. The monoisotopic (exact) mass is 718 g/mol. The third kappa shape index (κ3) is 4.16. The number of hydrogen-bond donors (Lipinski definition) is 0. The third-order valence-corrected chi connectivity index (χ3v) is 12.7. The SMILES string of the molecule is CN1C(n2c3cc4ccccc4cc3c3ccc4ccccc4c32)=NC2=C(C1c1ccc3c4ccccc4n(-c4ccccc4)c3c1)C(C)(C)c1ccccc12. The molecule has 1 aliphatic carbocycles. The molecule has 10 aromatic rings. The molecule has 0 bridgehead atoms. The van der Waals surface area contributed by atoms with Crippen molar-refractivity contribution in [2.24, 2.45) is 4.99 Å². The maximum atomic E-state index is 5.81. The molecule has 0 saturated carbocycles. The van der Waals surface area contributed by atoms with E-state index in [0.717, 1.165) is 22.9 Å². The van der Waals surface area contributed by atoms with Crippen LogP contribution in [-0.2, 0) is 5.41 Å². The van der Waals surface area contributed by atoms with E-state index < -0.39 is 0 Å². The molecule has 8 aromatic carbocycles. The fourth-order valence-corrected chi connectivity index (χ4v) is 10.2. The van der Waals surface area contributed by atoms with Gasteiger partial charge in [0.2, 0.25) is 5.96 Å². The predicted molar refractivity (Wildman–Crippen MR) is 235 cm³/mol. The summed E-state index contributed by atoms with van der Waals surface area (Å²) in [5, 5.41) is 9.88. The fraction of sp³-hybridized carbons (Fsp3) is 0.0962. The van der Waals surface area contributed by atoms with Gasteiger partial charge in [-0.25, -0.2) is 4.99 Å². The number of likely N-dealkylation sites (N-methyl/N-ethyl adjacent to an activating group) is 1. The standard InChI is InChI=1S/C52H38N4/c1-52(2)43-23-13-11-22-41(43)48-47(52)49(35-26-27-39-38-21-12-14-24-44(38)55(45(39)31-35)36-18-5-4-6-19-36)54(3)51(53-48)56-46-30-34-17-8-7-16-33(34)29-42(46)40-28-25-32-15-9-10-20-37(32)50(40)56/h4-31,49H,1-3H3. The number of fused-ring (bicyclic) bond motifs is 11. The predicted octanol–water partition coefficient (Wildman–Crippen LogP) is 12.8. The quantitative estimate of drug-likeness (QED) is 0.175. The largest absolute Gasteiger partial charge is 0.334 e. The van der Waals surface area contributed by atoms with Gasteiger partial charge in [0.05, 0.1) is 33.8 Å². The second kappa shape index (κ2) is 11.3. The van der Waals surface area contributed by atoms with Gasteiger partial charge in [0.1, 0.15) is 0 Å². The summed E-state index contributed by atoms with van der Waals surface area (Å²) in [6.45, 7) is 4.77. The van der Waals surface area contributed by atoms with E-state index in [9.17, 15) is 0 Å². The molecule has 56 heavy (non-hydrogen) atoms. The Morgan fingerprint density at radius 3 is 1.98 bits per heavy atom. The smallest absolute Gasteiger partial charge is 0.211 e. The van der Waals surface area contributed by atoms with Crippen LogP contribution in [0.1, 0.15) is 36.6 Å². The Hall–Kier alpha value is -6.91. The van der Waals surface area contributed by atoms with Crippen molar-refractivity contribution in [1.82, 2.24) is 14.0 Å². The molecule has 0 radical (unpaired) electrons. The summed E-state index contributed by atoms with van der Waals surface area (Å²) in [5.74, 6) is 0.927. The van der Waals surface area contributed by atoms with Gasteiger partial charge in [-0.2, -0.15) is 0 Å². The minimum absolute atomic E-state index is 0.0885. The molecule has 0 fully saturated rings. The molecular formula is C52H38N4. The topological polar surface area (TPSA) is 25.5 Å². The molecule has 1 unspecified atom stereocenters. The number of aromatic nitrogens is 2. The number of nitrogens with zero attached hydrogens (tertiary/aromatic N) is 4. The second-order valence-corrected chi connectivity index (χ2v) is 16.1. The van der Waals surface area contributed by atoms with Crippen molar-refractivity contribution < 1.29 is 0 Å². The highest BCUT2D eigenvalue weighted by Gasteiger charge is 2.47. The van der Waals surface area contributed by atoms with E-state index in [4.69, 9.17) is 4.99 Å². The van der Waals surface area contributed by atoms with Crippen LogP contribution in [0.3, 0.4) is 0 Å². The summed E-state index contributed by atoms with van der Waals surface area (Å²) < 4.78 is 4.89. The Labute approximate surface area is 324 Å².